The fourth-order valence-electron chi connectivity index (χ4n) is 13.3. The van der Waals surface area contributed by atoms with Crippen LogP contribution in [0.1, 0.15) is 116 Å². The number of phosphoric ester groups is 1. The molecule has 0 unspecified atom stereocenters. The predicted octanol–water partition coefficient (Wildman–Crippen LogP) is 11.8. The summed E-state index contributed by atoms with van der Waals surface area (Å²) in [4.78, 5) is 20.6. The van der Waals surface area contributed by atoms with Gasteiger partial charge in [0.2, 0.25) is 0 Å². The topological polar surface area (TPSA) is 183 Å². The maximum atomic E-state index is 10.3. The van der Waals surface area contributed by atoms with E-state index in [4.69, 9.17) is 15.3 Å². The van der Waals surface area contributed by atoms with E-state index in [1.807, 2.05) is 0 Å². The van der Waals surface area contributed by atoms with Gasteiger partial charge in [0.15, 0.2) is 0 Å². The smallest absolute Gasteiger partial charge is 0.120 e. The molecular formula is C66H89O10PSn2-2. The Bertz CT molecular complexity index is 2400. The van der Waals surface area contributed by atoms with Gasteiger partial charge >= 0.3 is 397 Å². The molecule has 428 valence electrons. The first-order valence-corrected chi connectivity index (χ1v) is 43.8. The van der Waals surface area contributed by atoms with Crippen LogP contribution in [0.5, 0.6) is 0 Å². The number of hydrogen-bond acceptors (Lipinski definition) is 10. The zero-order valence-corrected chi connectivity index (χ0v) is 55.4. The second-order valence-electron chi connectivity index (χ2n) is 26.5. The first kappa shape index (κ1) is 64.9. The summed E-state index contributed by atoms with van der Waals surface area (Å²) >= 11 is -8.23. The van der Waals surface area contributed by atoms with E-state index in [0.717, 1.165) is 26.6 Å². The average molecular weight is 1310 g/mol. The Morgan fingerprint density at radius 3 is 0.671 bits per heavy atom. The van der Waals surface area contributed by atoms with Crippen molar-refractivity contribution in [3.63, 3.8) is 0 Å². The minimum atomic E-state index is -5.51. The van der Waals surface area contributed by atoms with Crippen molar-refractivity contribution >= 4 is 45.4 Å². The van der Waals surface area contributed by atoms with Crippen molar-refractivity contribution in [2.75, 3.05) is 0 Å². The summed E-state index contributed by atoms with van der Waals surface area (Å²) in [5.74, 6) is 0. The van der Waals surface area contributed by atoms with Crippen molar-refractivity contribution in [3.8, 4) is 0 Å². The van der Waals surface area contributed by atoms with Crippen LogP contribution in [0.4, 0.5) is 0 Å². The van der Waals surface area contributed by atoms with Gasteiger partial charge in [0.05, 0.1) is 7.82 Å². The zero-order valence-electron chi connectivity index (χ0n) is 48.8. The van der Waals surface area contributed by atoms with E-state index in [1.54, 1.807) is 0 Å². The minimum Gasteiger partial charge on any atom is -0.790 e. The van der Waals surface area contributed by atoms with Gasteiger partial charge in [-0.15, -0.1) is 0 Å². The van der Waals surface area contributed by atoms with Crippen molar-refractivity contribution < 1.29 is 45.8 Å². The SMILES string of the molecule is CC(C)([CH2][Sn]([CH2]C(C)(C)c1ccccc1)([CH2]C(C)(C)c1ccccc1)[O][Sn]([CH2]C(C)(C)c1ccccc1)([CH2]C(C)(C)c1ccccc1)[CH2]C(C)(C)c1ccccc1)c1ccccc1.O=P([O-])([O-])O[C@@H]1[C@@H](O)[C@H](O)[C@@H](O)[C@H](O)[C@@H]1O. The monoisotopic (exact) mass is 1310 g/mol. The fourth-order valence-corrected chi connectivity index (χ4v) is 76.8. The van der Waals surface area contributed by atoms with Crippen molar-refractivity contribution in [1.82, 2.24) is 0 Å². The van der Waals surface area contributed by atoms with E-state index >= 15 is 0 Å². The van der Waals surface area contributed by atoms with E-state index in [1.165, 1.54) is 33.4 Å². The number of hydrogen-bond donors (Lipinski definition) is 5. The molecule has 0 aliphatic heterocycles. The van der Waals surface area contributed by atoms with Crippen LogP contribution in [0.25, 0.3) is 0 Å². The minimum absolute atomic E-state index is 0.0900. The summed E-state index contributed by atoms with van der Waals surface area (Å²) in [5, 5.41) is 45.9. The molecule has 1 saturated carbocycles. The molecule has 0 heterocycles. The molecule has 0 saturated heterocycles. The van der Waals surface area contributed by atoms with Gasteiger partial charge in [0.25, 0.3) is 0 Å². The molecule has 10 nitrogen and oxygen atoms in total. The molecule has 79 heavy (non-hydrogen) atoms. The van der Waals surface area contributed by atoms with Crippen LogP contribution in [0.15, 0.2) is 182 Å². The summed E-state index contributed by atoms with van der Waals surface area (Å²) in [7, 11) is -5.51. The van der Waals surface area contributed by atoms with Gasteiger partial charge in [-0.3, -0.25) is 0 Å². The van der Waals surface area contributed by atoms with Gasteiger partial charge in [0.1, 0.15) is 36.6 Å². The van der Waals surface area contributed by atoms with Crippen LogP contribution in [0, 0.1) is 0 Å². The summed E-state index contributed by atoms with van der Waals surface area (Å²) in [5.41, 5.74) is 7.98. The van der Waals surface area contributed by atoms with Crippen LogP contribution >= 0.6 is 7.82 Å². The van der Waals surface area contributed by atoms with Gasteiger partial charge in [0, 0.05) is 0 Å². The van der Waals surface area contributed by atoms with Gasteiger partial charge in [-0.05, 0) is 0 Å². The molecule has 6 aromatic carbocycles. The standard InChI is InChI=1S/6C10H13.C6H13O9P.O.2Sn/c6*1-10(2,3)9-7-5-4-6-8-9;7-1-2(8)4(10)6(5(11)3(1)9)15-16(12,13)14;;;/h6*4-8H,1H2,2-3H3;1-11H,(H2,12,13,14);;;/p-2/t;;;;;;1-,2-,3+,4-,5-,6-;;;/m......0.../s1. The molecule has 6 aromatic rings. The van der Waals surface area contributed by atoms with Crippen LogP contribution in [0.3, 0.4) is 0 Å². The fraction of sp³-hybridized carbons (Fsp3) is 0.455. The Kier molecular flexibility index (Phi) is 21.5. The van der Waals surface area contributed by atoms with Crippen LogP contribution in [-0.2, 0) is 43.0 Å². The normalized spacial score (nSPS) is 20.0. The van der Waals surface area contributed by atoms with E-state index in [2.05, 4.69) is 270 Å². The Hall–Kier alpha value is -3.21. The third kappa shape index (κ3) is 17.2. The molecule has 1 aliphatic carbocycles. The van der Waals surface area contributed by atoms with Gasteiger partial charge in [-0.1, -0.05) is 0 Å². The van der Waals surface area contributed by atoms with Crippen molar-refractivity contribution in [3.05, 3.63) is 215 Å². The van der Waals surface area contributed by atoms with Gasteiger partial charge < -0.3 is 44.4 Å². The second kappa shape index (κ2) is 26.1. The third-order valence-electron chi connectivity index (χ3n) is 16.7. The number of rotatable bonds is 22. The predicted molar refractivity (Wildman–Crippen MR) is 321 cm³/mol. The van der Waals surface area contributed by atoms with E-state index in [-0.39, 0.29) is 32.5 Å². The number of phosphoric acid groups is 1. The molecule has 0 amide bonds. The Morgan fingerprint density at radius 1 is 0.342 bits per heavy atom. The Morgan fingerprint density at radius 2 is 0.506 bits per heavy atom. The van der Waals surface area contributed by atoms with E-state index in [9.17, 15) is 26.0 Å². The van der Waals surface area contributed by atoms with Crippen molar-refractivity contribution in [2.45, 2.75) is 179 Å². The van der Waals surface area contributed by atoms with Crippen molar-refractivity contribution in [2.24, 2.45) is 0 Å². The molecular weight excluding hydrogens is 1220 g/mol. The molecule has 1 fully saturated rings. The maximum absolute atomic E-state index is 10.3. The van der Waals surface area contributed by atoms with E-state index in [0.29, 0.717) is 0 Å². The Labute approximate surface area is 481 Å². The molecule has 0 spiro atoms. The van der Waals surface area contributed by atoms with Crippen LogP contribution < -0.4 is 9.79 Å². The number of aliphatic hydroxyl groups excluding tert-OH is 5. The first-order chi connectivity index (χ1) is 36.7. The quantitative estimate of drug-likeness (QED) is 0.0324. The third-order valence-corrected chi connectivity index (χ3v) is 62.4. The summed E-state index contributed by atoms with van der Waals surface area (Å²) in [6.45, 7) is 30.4. The maximum Gasteiger partial charge on any atom is 0.120 e. The molecule has 6 atom stereocenters. The molecule has 7 rings (SSSR count). The molecule has 5 N–H and O–H groups in total. The Balaban J connectivity index is 0.000000540. The molecule has 0 bridgehead atoms. The van der Waals surface area contributed by atoms with Crippen LogP contribution in [-0.4, -0.2) is 99.7 Å². The summed E-state index contributed by atoms with van der Waals surface area (Å²) < 4.78 is 30.2. The largest absolute Gasteiger partial charge is 0.790 e. The first-order valence-electron chi connectivity index (χ1n) is 27.9. The number of benzene rings is 6. The summed E-state index contributed by atoms with van der Waals surface area (Å²) in [6, 6.07) is 68.6. The van der Waals surface area contributed by atoms with Gasteiger partial charge in [-0.2, -0.15) is 0 Å². The molecule has 13 heteroatoms. The van der Waals surface area contributed by atoms with Crippen LogP contribution in [0.2, 0.25) is 26.6 Å². The molecule has 1 aliphatic rings. The average Bonchev–Trinajstić information content (AvgIpc) is 3.44. The summed E-state index contributed by atoms with van der Waals surface area (Å²) in [6.07, 6.45) is -11.8. The van der Waals surface area contributed by atoms with Gasteiger partial charge in [-0.25, -0.2) is 0 Å². The zero-order chi connectivity index (χ0) is 58.3. The number of aliphatic hydroxyl groups is 5. The molecule has 0 radical (unpaired) electrons. The second-order valence-corrected chi connectivity index (χ2v) is 51.7. The molecule has 0 aromatic heterocycles. The van der Waals surface area contributed by atoms with E-state index < -0.39 is 82.0 Å². The van der Waals surface area contributed by atoms with Crippen molar-refractivity contribution in [1.29, 1.82) is 0 Å².